The van der Waals surface area contributed by atoms with E-state index in [0.717, 1.165) is 22.2 Å². The number of hydrogen-bond acceptors (Lipinski definition) is 3. The molecule has 3 rings (SSSR count). The van der Waals surface area contributed by atoms with E-state index < -0.39 is 0 Å². The summed E-state index contributed by atoms with van der Waals surface area (Å²) in [6.45, 7) is 0. The van der Waals surface area contributed by atoms with Crippen molar-refractivity contribution in [3.63, 3.8) is 0 Å². The summed E-state index contributed by atoms with van der Waals surface area (Å²) in [7, 11) is 0. The third kappa shape index (κ3) is 2.13. The van der Waals surface area contributed by atoms with Crippen molar-refractivity contribution in [3.05, 3.63) is 66.2 Å². The molecule has 2 heterocycles. The van der Waals surface area contributed by atoms with Crippen LogP contribution in [0.4, 0.5) is 0 Å². The first-order valence-corrected chi connectivity index (χ1v) is 5.95. The van der Waals surface area contributed by atoms with E-state index in [4.69, 9.17) is 10.2 Å². The van der Waals surface area contributed by atoms with Gasteiger partial charge in [-0.1, -0.05) is 24.3 Å². The van der Waals surface area contributed by atoms with E-state index in [-0.39, 0.29) is 6.04 Å². The number of nitrogens with zero attached hydrogens (tertiary/aromatic N) is 1. The highest BCUT2D eigenvalue weighted by Crippen LogP contribution is 2.18. The minimum absolute atomic E-state index is 0.0718. The Balaban J connectivity index is 1.86. The molecule has 2 aromatic heterocycles. The van der Waals surface area contributed by atoms with E-state index in [1.807, 2.05) is 30.3 Å². The molecule has 1 unspecified atom stereocenters. The van der Waals surface area contributed by atoms with Crippen LogP contribution < -0.4 is 5.73 Å². The molecule has 0 saturated carbocycles. The highest BCUT2D eigenvalue weighted by Gasteiger charge is 2.09. The number of nitrogens with two attached hydrogens (primary N) is 1. The number of para-hydroxylation sites is 1. The molecule has 2 N–H and O–H groups in total. The Hall–Kier alpha value is -2.13. The van der Waals surface area contributed by atoms with Crippen molar-refractivity contribution in [1.82, 2.24) is 4.98 Å². The molecule has 0 spiro atoms. The monoisotopic (exact) mass is 238 g/mol. The SMILES string of the molecule is NC(Cc1ccc2ccccc2n1)c1ccoc1. The van der Waals surface area contributed by atoms with Crippen LogP contribution in [0.2, 0.25) is 0 Å². The van der Waals surface area contributed by atoms with Crippen molar-refractivity contribution in [2.45, 2.75) is 12.5 Å². The summed E-state index contributed by atoms with van der Waals surface area (Å²) in [5.41, 5.74) is 9.13. The van der Waals surface area contributed by atoms with E-state index in [9.17, 15) is 0 Å². The standard InChI is InChI=1S/C15H14N2O/c16-14(12-7-8-18-10-12)9-13-6-5-11-3-1-2-4-15(11)17-13/h1-8,10,14H,9,16H2. The second kappa shape index (κ2) is 4.63. The van der Waals surface area contributed by atoms with Crippen molar-refractivity contribution in [2.24, 2.45) is 5.73 Å². The zero-order valence-corrected chi connectivity index (χ0v) is 9.91. The summed E-state index contributed by atoms with van der Waals surface area (Å²) in [6.07, 6.45) is 4.04. The van der Waals surface area contributed by atoms with E-state index in [1.54, 1.807) is 12.5 Å². The Morgan fingerprint density at radius 3 is 2.83 bits per heavy atom. The fourth-order valence-electron chi connectivity index (χ4n) is 2.05. The molecule has 3 heteroatoms. The van der Waals surface area contributed by atoms with Crippen molar-refractivity contribution in [3.8, 4) is 0 Å². The molecule has 0 radical (unpaired) electrons. The molecule has 0 aliphatic rings. The summed E-state index contributed by atoms with van der Waals surface area (Å²) in [6, 6.07) is 14.0. The van der Waals surface area contributed by atoms with Gasteiger partial charge in [-0.25, -0.2) is 0 Å². The fourth-order valence-corrected chi connectivity index (χ4v) is 2.05. The van der Waals surface area contributed by atoms with Gasteiger partial charge in [-0.2, -0.15) is 0 Å². The average molecular weight is 238 g/mol. The number of rotatable bonds is 3. The molecule has 3 aromatic rings. The Morgan fingerprint density at radius 1 is 1.11 bits per heavy atom. The lowest BCUT2D eigenvalue weighted by Crippen LogP contribution is -2.13. The van der Waals surface area contributed by atoms with Crippen LogP contribution in [0.5, 0.6) is 0 Å². The molecule has 3 nitrogen and oxygen atoms in total. The van der Waals surface area contributed by atoms with Crippen LogP contribution in [0.1, 0.15) is 17.3 Å². The van der Waals surface area contributed by atoms with Gasteiger partial charge in [0.05, 0.1) is 18.0 Å². The molecule has 0 saturated heterocycles. The summed E-state index contributed by atoms with van der Waals surface area (Å²) >= 11 is 0. The van der Waals surface area contributed by atoms with Gasteiger partial charge in [0, 0.05) is 29.1 Å². The first-order chi connectivity index (χ1) is 8.83. The summed E-state index contributed by atoms with van der Waals surface area (Å²) in [5.74, 6) is 0. The predicted molar refractivity (Wildman–Crippen MR) is 71.1 cm³/mol. The van der Waals surface area contributed by atoms with Gasteiger partial charge in [-0.05, 0) is 18.2 Å². The van der Waals surface area contributed by atoms with Crippen LogP contribution in [-0.4, -0.2) is 4.98 Å². The van der Waals surface area contributed by atoms with Crippen LogP contribution in [-0.2, 0) is 6.42 Å². The lowest BCUT2D eigenvalue weighted by molar-refractivity contribution is 0.558. The van der Waals surface area contributed by atoms with Crippen LogP contribution in [0.25, 0.3) is 10.9 Å². The van der Waals surface area contributed by atoms with Crippen molar-refractivity contribution >= 4 is 10.9 Å². The maximum absolute atomic E-state index is 6.12. The van der Waals surface area contributed by atoms with Gasteiger partial charge >= 0.3 is 0 Å². The van der Waals surface area contributed by atoms with Gasteiger partial charge in [0.25, 0.3) is 0 Å². The zero-order chi connectivity index (χ0) is 12.4. The third-order valence-corrected chi connectivity index (χ3v) is 3.06. The number of pyridine rings is 1. The Labute approximate surface area is 105 Å². The largest absolute Gasteiger partial charge is 0.472 e. The molecule has 0 fully saturated rings. The minimum Gasteiger partial charge on any atom is -0.472 e. The lowest BCUT2D eigenvalue weighted by atomic mass is 10.1. The Bertz CT molecular complexity index is 646. The average Bonchev–Trinajstić information content (AvgIpc) is 2.92. The Kier molecular flexibility index (Phi) is 2.82. The second-order valence-corrected chi connectivity index (χ2v) is 4.36. The highest BCUT2D eigenvalue weighted by molar-refractivity contribution is 5.78. The molecule has 0 amide bonds. The topological polar surface area (TPSA) is 52.0 Å². The summed E-state index contributed by atoms with van der Waals surface area (Å²) in [5, 5.41) is 1.15. The normalized spacial score (nSPS) is 12.7. The molecule has 1 atom stereocenters. The van der Waals surface area contributed by atoms with E-state index in [2.05, 4.69) is 17.1 Å². The van der Waals surface area contributed by atoms with E-state index >= 15 is 0 Å². The van der Waals surface area contributed by atoms with Gasteiger partial charge < -0.3 is 10.2 Å². The van der Waals surface area contributed by atoms with Crippen LogP contribution in [0.3, 0.4) is 0 Å². The van der Waals surface area contributed by atoms with Crippen molar-refractivity contribution < 1.29 is 4.42 Å². The lowest BCUT2D eigenvalue weighted by Gasteiger charge is -2.09. The number of hydrogen-bond donors (Lipinski definition) is 1. The van der Waals surface area contributed by atoms with Crippen LogP contribution >= 0.6 is 0 Å². The summed E-state index contributed by atoms with van der Waals surface area (Å²) < 4.78 is 5.04. The molecule has 0 aliphatic heterocycles. The molecule has 0 bridgehead atoms. The molecule has 0 aliphatic carbocycles. The zero-order valence-electron chi connectivity index (χ0n) is 9.91. The predicted octanol–water partition coefficient (Wildman–Crippen LogP) is 3.07. The Morgan fingerprint density at radius 2 is 2.00 bits per heavy atom. The smallest absolute Gasteiger partial charge is 0.0950 e. The molecule has 1 aromatic carbocycles. The van der Waals surface area contributed by atoms with Gasteiger partial charge in [-0.15, -0.1) is 0 Å². The quantitative estimate of drug-likeness (QED) is 0.763. The number of fused-ring (bicyclic) bond motifs is 1. The third-order valence-electron chi connectivity index (χ3n) is 3.06. The van der Waals surface area contributed by atoms with Crippen molar-refractivity contribution in [1.29, 1.82) is 0 Å². The van der Waals surface area contributed by atoms with Gasteiger partial charge in [-0.3, -0.25) is 4.98 Å². The van der Waals surface area contributed by atoms with E-state index in [1.165, 1.54) is 0 Å². The number of benzene rings is 1. The van der Waals surface area contributed by atoms with Gasteiger partial charge in [0.2, 0.25) is 0 Å². The van der Waals surface area contributed by atoms with Crippen molar-refractivity contribution in [2.75, 3.05) is 0 Å². The summed E-state index contributed by atoms with van der Waals surface area (Å²) in [4.78, 5) is 4.61. The van der Waals surface area contributed by atoms with Gasteiger partial charge in [0.15, 0.2) is 0 Å². The molecule has 18 heavy (non-hydrogen) atoms. The molecular weight excluding hydrogens is 224 g/mol. The minimum atomic E-state index is -0.0718. The number of aromatic nitrogens is 1. The first kappa shape index (κ1) is 11.0. The van der Waals surface area contributed by atoms with Crippen LogP contribution in [0.15, 0.2) is 59.4 Å². The fraction of sp³-hybridized carbons (Fsp3) is 0.133. The van der Waals surface area contributed by atoms with Crippen LogP contribution in [0, 0.1) is 0 Å². The molecule has 90 valence electrons. The first-order valence-electron chi connectivity index (χ1n) is 5.95. The van der Waals surface area contributed by atoms with E-state index in [0.29, 0.717) is 6.42 Å². The maximum Gasteiger partial charge on any atom is 0.0950 e. The van der Waals surface area contributed by atoms with Gasteiger partial charge in [0.1, 0.15) is 0 Å². The highest BCUT2D eigenvalue weighted by atomic mass is 16.3. The maximum atomic E-state index is 6.12. The molecular formula is C15H14N2O. The number of furan rings is 1. The second-order valence-electron chi connectivity index (χ2n) is 4.36.